The van der Waals surface area contributed by atoms with E-state index in [9.17, 15) is 4.79 Å². The van der Waals surface area contributed by atoms with Gasteiger partial charge in [0.25, 0.3) is 0 Å². The van der Waals surface area contributed by atoms with Crippen molar-refractivity contribution in [2.24, 2.45) is 0 Å². The van der Waals surface area contributed by atoms with E-state index in [1.807, 2.05) is 0 Å². The first kappa shape index (κ1) is 20.1. The number of unbranched alkanes of at least 4 members (excludes halogenated alkanes) is 3. The summed E-state index contributed by atoms with van der Waals surface area (Å²) in [6, 6.07) is 0. The molecule has 0 aromatic rings. The topological polar surface area (TPSA) is 26.3 Å². The standard InChI is InChI=1S/C9H9O2.3C4H9.Sn/c1-6-7-4-2-3-5-8(7)9(10)11-6;3*1-3-4-2;/h1H,2-5H2;3*1,3-4H2,2H3;. The molecule has 3 heteroatoms. The number of hydrogen-bond acceptors (Lipinski definition) is 2. The molecule has 2 aliphatic rings. The Bertz CT molecular complexity index is 468. The number of hydrogen-bond donors (Lipinski definition) is 0. The molecule has 0 bridgehead atoms. The number of esters is 1. The molecule has 24 heavy (non-hydrogen) atoms. The first-order chi connectivity index (χ1) is 11.7. The van der Waals surface area contributed by atoms with Gasteiger partial charge in [-0.3, -0.25) is 0 Å². The Morgan fingerprint density at radius 2 is 1.38 bits per heavy atom. The van der Waals surface area contributed by atoms with Crippen molar-refractivity contribution in [2.75, 3.05) is 0 Å². The van der Waals surface area contributed by atoms with E-state index >= 15 is 0 Å². The average molecular weight is 439 g/mol. The van der Waals surface area contributed by atoms with Crippen LogP contribution >= 0.6 is 0 Å². The van der Waals surface area contributed by atoms with Gasteiger partial charge < -0.3 is 0 Å². The van der Waals surface area contributed by atoms with Crippen LogP contribution in [0.25, 0.3) is 0 Å². The van der Waals surface area contributed by atoms with E-state index in [0.29, 0.717) is 0 Å². The van der Waals surface area contributed by atoms with Crippen molar-refractivity contribution >= 4 is 24.3 Å². The van der Waals surface area contributed by atoms with Crippen molar-refractivity contribution in [1.29, 1.82) is 0 Å². The summed E-state index contributed by atoms with van der Waals surface area (Å²) >= 11 is -2.38. The van der Waals surface area contributed by atoms with Crippen molar-refractivity contribution in [2.45, 2.75) is 98.3 Å². The van der Waals surface area contributed by atoms with E-state index in [4.69, 9.17) is 4.74 Å². The molecule has 2 nitrogen and oxygen atoms in total. The molecule has 0 aromatic carbocycles. The second-order valence-corrected chi connectivity index (χ2v) is 20.6. The summed E-state index contributed by atoms with van der Waals surface area (Å²) in [6.07, 6.45) is 12.3. The SMILES string of the molecule is CCC[CH2][Sn](/[CH]=C1/OC(=O)C2=C1CCCC2)([CH2]CCC)[CH2]CCC. The number of rotatable bonds is 10. The van der Waals surface area contributed by atoms with Gasteiger partial charge >= 0.3 is 153 Å². The molecule has 1 aliphatic heterocycles. The van der Waals surface area contributed by atoms with E-state index in [0.717, 1.165) is 30.6 Å². The summed E-state index contributed by atoms with van der Waals surface area (Å²) in [7, 11) is 0. The van der Waals surface area contributed by atoms with Gasteiger partial charge in [-0.05, 0) is 0 Å². The molecule has 1 heterocycles. The zero-order valence-electron chi connectivity index (χ0n) is 16.1. The van der Waals surface area contributed by atoms with Crippen LogP contribution in [0.4, 0.5) is 0 Å². The summed E-state index contributed by atoms with van der Waals surface area (Å²) in [5, 5.41) is 0. The molecule has 136 valence electrons. The molecule has 0 N–H and O–H groups in total. The maximum atomic E-state index is 12.2. The van der Waals surface area contributed by atoms with Crippen molar-refractivity contribution in [3.05, 3.63) is 21.0 Å². The van der Waals surface area contributed by atoms with Crippen LogP contribution in [0.3, 0.4) is 0 Å². The Morgan fingerprint density at radius 3 is 1.88 bits per heavy atom. The summed E-state index contributed by atoms with van der Waals surface area (Å²) in [5.74, 6) is 0.992. The Morgan fingerprint density at radius 1 is 0.875 bits per heavy atom. The monoisotopic (exact) mass is 440 g/mol. The van der Waals surface area contributed by atoms with Crippen molar-refractivity contribution in [1.82, 2.24) is 0 Å². The maximum absolute atomic E-state index is 12.2. The van der Waals surface area contributed by atoms with Crippen LogP contribution in [0.1, 0.15) is 85.0 Å². The Kier molecular flexibility index (Phi) is 8.39. The average Bonchev–Trinajstić information content (AvgIpc) is 2.92. The number of carbonyl (C=O) groups excluding carboxylic acids is 1. The fourth-order valence-electron chi connectivity index (χ4n) is 4.20. The molecule has 0 saturated carbocycles. The van der Waals surface area contributed by atoms with Crippen LogP contribution in [-0.2, 0) is 9.53 Å². The number of carbonyl (C=O) groups is 1. The predicted octanol–water partition coefficient (Wildman–Crippen LogP) is 6.69. The van der Waals surface area contributed by atoms with Crippen LogP contribution in [0.2, 0.25) is 13.3 Å². The molecule has 0 saturated heterocycles. The van der Waals surface area contributed by atoms with Gasteiger partial charge in [0.2, 0.25) is 0 Å². The molecule has 2 rings (SSSR count). The van der Waals surface area contributed by atoms with Crippen molar-refractivity contribution in [3.63, 3.8) is 0 Å². The molecule has 0 radical (unpaired) electrons. The van der Waals surface area contributed by atoms with Gasteiger partial charge in [-0.25, -0.2) is 0 Å². The van der Waals surface area contributed by atoms with Crippen LogP contribution in [-0.4, -0.2) is 24.3 Å². The minimum absolute atomic E-state index is 0.0300. The molecule has 0 spiro atoms. The normalized spacial score (nSPS) is 19.8. The van der Waals surface area contributed by atoms with Crippen LogP contribution in [0.5, 0.6) is 0 Å². The van der Waals surface area contributed by atoms with Crippen LogP contribution < -0.4 is 0 Å². The van der Waals surface area contributed by atoms with Gasteiger partial charge in [0.1, 0.15) is 0 Å². The van der Waals surface area contributed by atoms with E-state index in [1.165, 1.54) is 63.8 Å². The van der Waals surface area contributed by atoms with Gasteiger partial charge in [-0.2, -0.15) is 0 Å². The number of cyclic esters (lactones) is 1. The number of ether oxygens (including phenoxy) is 1. The third-order valence-corrected chi connectivity index (χ3v) is 19.8. The van der Waals surface area contributed by atoms with Crippen molar-refractivity contribution in [3.8, 4) is 0 Å². The fourth-order valence-corrected chi connectivity index (χ4v) is 18.9. The van der Waals surface area contributed by atoms with Crippen LogP contribution in [0, 0.1) is 0 Å². The zero-order valence-corrected chi connectivity index (χ0v) is 18.9. The van der Waals surface area contributed by atoms with Gasteiger partial charge in [0.05, 0.1) is 0 Å². The van der Waals surface area contributed by atoms with E-state index < -0.39 is 18.4 Å². The summed E-state index contributed by atoms with van der Waals surface area (Å²) in [4.78, 5) is 12.2. The Labute approximate surface area is 153 Å². The third kappa shape index (κ3) is 5.12. The van der Waals surface area contributed by atoms with Crippen molar-refractivity contribution < 1.29 is 9.53 Å². The first-order valence-corrected chi connectivity index (χ1v) is 18.0. The quantitative estimate of drug-likeness (QED) is 0.280. The summed E-state index contributed by atoms with van der Waals surface area (Å²) in [5.41, 5.74) is 2.30. The predicted molar refractivity (Wildman–Crippen MR) is 105 cm³/mol. The second kappa shape index (κ2) is 10.0. The van der Waals surface area contributed by atoms with E-state index in [-0.39, 0.29) is 5.97 Å². The molecule has 0 unspecified atom stereocenters. The molecular weight excluding hydrogens is 403 g/mol. The zero-order chi connectivity index (χ0) is 17.4. The minimum atomic E-state index is -2.38. The first-order valence-electron chi connectivity index (χ1n) is 10.3. The molecule has 1 aliphatic carbocycles. The molecule has 0 atom stereocenters. The summed E-state index contributed by atoms with van der Waals surface area (Å²) in [6.45, 7) is 6.92. The Balaban J connectivity index is 2.30. The Hall–Kier alpha value is -0.251. The fraction of sp³-hybridized carbons (Fsp3) is 0.762. The van der Waals surface area contributed by atoms with E-state index in [2.05, 4.69) is 24.9 Å². The molecule has 0 amide bonds. The second-order valence-electron chi connectivity index (χ2n) is 7.74. The van der Waals surface area contributed by atoms with Crippen LogP contribution in [0.15, 0.2) is 21.0 Å². The number of allylic oxidation sites excluding steroid dienone is 1. The van der Waals surface area contributed by atoms with Gasteiger partial charge in [-0.15, -0.1) is 0 Å². The molecular formula is C21H36O2Sn. The van der Waals surface area contributed by atoms with E-state index in [1.54, 1.807) is 0 Å². The van der Waals surface area contributed by atoms with Gasteiger partial charge in [0.15, 0.2) is 0 Å². The molecule has 0 fully saturated rings. The molecule has 0 aromatic heterocycles. The third-order valence-electron chi connectivity index (χ3n) is 5.74. The van der Waals surface area contributed by atoms with Gasteiger partial charge in [-0.1, -0.05) is 0 Å². The summed E-state index contributed by atoms with van der Waals surface area (Å²) < 4.78 is 12.7. The van der Waals surface area contributed by atoms with Gasteiger partial charge in [0, 0.05) is 0 Å².